The molecule has 2 N–H and O–H groups in total. The van der Waals surface area contributed by atoms with Crippen molar-refractivity contribution in [3.05, 3.63) is 57.3 Å². The molecule has 0 aromatic heterocycles. The molecule has 6 heteroatoms. The van der Waals surface area contributed by atoms with Crippen molar-refractivity contribution in [3.8, 4) is 5.75 Å². The van der Waals surface area contributed by atoms with Gasteiger partial charge in [0.1, 0.15) is 11.6 Å². The fourth-order valence-corrected chi connectivity index (χ4v) is 2.27. The molecule has 2 rings (SSSR count). The lowest BCUT2D eigenvalue weighted by atomic mass is 10.1. The lowest BCUT2D eigenvalue weighted by Crippen LogP contribution is -2.14. The van der Waals surface area contributed by atoms with Gasteiger partial charge in [-0.15, -0.1) is 0 Å². The summed E-state index contributed by atoms with van der Waals surface area (Å²) < 4.78 is 13.1. The Morgan fingerprint density at radius 2 is 1.85 bits per heavy atom. The van der Waals surface area contributed by atoms with E-state index in [9.17, 15) is 14.3 Å². The standard InChI is InChI=1S/C14H10Cl2FNO2/c1-7-9(3-2-4-12(7)19)14(20)18-13-10(15)5-8(17)6-11(13)16/h2-6,19H,1H3,(H,18,20). The highest BCUT2D eigenvalue weighted by Gasteiger charge is 2.15. The highest BCUT2D eigenvalue weighted by atomic mass is 35.5. The summed E-state index contributed by atoms with van der Waals surface area (Å²) in [6.07, 6.45) is 0. The third-order valence-electron chi connectivity index (χ3n) is 2.80. The second kappa shape index (κ2) is 5.69. The molecule has 0 aliphatic carbocycles. The van der Waals surface area contributed by atoms with E-state index in [-0.39, 0.29) is 27.0 Å². The van der Waals surface area contributed by atoms with Gasteiger partial charge in [-0.05, 0) is 31.2 Å². The summed E-state index contributed by atoms with van der Waals surface area (Å²) in [6.45, 7) is 1.61. The summed E-state index contributed by atoms with van der Waals surface area (Å²) in [5, 5.41) is 12.1. The maximum absolute atomic E-state index is 13.1. The highest BCUT2D eigenvalue weighted by Crippen LogP contribution is 2.32. The second-order valence-corrected chi connectivity index (χ2v) is 4.96. The van der Waals surface area contributed by atoms with Crippen LogP contribution in [0.1, 0.15) is 15.9 Å². The first kappa shape index (κ1) is 14.6. The first-order valence-corrected chi connectivity index (χ1v) is 6.40. The molecular weight excluding hydrogens is 304 g/mol. The molecule has 2 aromatic carbocycles. The number of hydrogen-bond acceptors (Lipinski definition) is 2. The van der Waals surface area contributed by atoms with Crippen molar-refractivity contribution in [1.29, 1.82) is 0 Å². The second-order valence-electron chi connectivity index (χ2n) is 4.15. The lowest BCUT2D eigenvalue weighted by molar-refractivity contribution is 0.102. The Labute approximate surface area is 124 Å². The Morgan fingerprint density at radius 3 is 2.45 bits per heavy atom. The van der Waals surface area contributed by atoms with Crippen LogP contribution in [0.15, 0.2) is 30.3 Å². The largest absolute Gasteiger partial charge is 0.508 e. The summed E-state index contributed by atoms with van der Waals surface area (Å²) in [7, 11) is 0. The SMILES string of the molecule is Cc1c(O)cccc1C(=O)Nc1c(Cl)cc(F)cc1Cl. The molecule has 104 valence electrons. The average Bonchev–Trinajstić information content (AvgIpc) is 2.36. The molecule has 0 saturated heterocycles. The van der Waals surface area contributed by atoms with Gasteiger partial charge < -0.3 is 10.4 Å². The van der Waals surface area contributed by atoms with Crippen LogP contribution in [0.25, 0.3) is 0 Å². The van der Waals surface area contributed by atoms with E-state index >= 15 is 0 Å². The quantitative estimate of drug-likeness (QED) is 0.863. The van der Waals surface area contributed by atoms with Crippen molar-refractivity contribution < 1.29 is 14.3 Å². The Bertz CT molecular complexity index is 666. The number of carbonyl (C=O) groups excluding carboxylic acids is 1. The van der Waals surface area contributed by atoms with Crippen LogP contribution >= 0.6 is 23.2 Å². The Hall–Kier alpha value is -1.78. The number of carbonyl (C=O) groups is 1. The number of phenols is 1. The maximum Gasteiger partial charge on any atom is 0.256 e. The molecule has 0 spiro atoms. The van der Waals surface area contributed by atoms with Crippen molar-refractivity contribution in [3.63, 3.8) is 0 Å². The molecule has 0 saturated carbocycles. The molecule has 0 fully saturated rings. The summed E-state index contributed by atoms with van der Waals surface area (Å²) in [4.78, 5) is 12.1. The van der Waals surface area contributed by atoms with Crippen LogP contribution in [0, 0.1) is 12.7 Å². The topological polar surface area (TPSA) is 49.3 Å². The summed E-state index contributed by atoms with van der Waals surface area (Å²) >= 11 is 11.7. The van der Waals surface area contributed by atoms with Gasteiger partial charge in [-0.25, -0.2) is 4.39 Å². The van der Waals surface area contributed by atoms with Crippen LogP contribution in [0.4, 0.5) is 10.1 Å². The number of halogens is 3. The van der Waals surface area contributed by atoms with Crippen molar-refractivity contribution in [2.75, 3.05) is 5.32 Å². The molecule has 0 radical (unpaired) electrons. The minimum Gasteiger partial charge on any atom is -0.508 e. The zero-order valence-electron chi connectivity index (χ0n) is 10.4. The van der Waals surface area contributed by atoms with E-state index in [1.807, 2.05) is 0 Å². The van der Waals surface area contributed by atoms with Crippen LogP contribution in [-0.4, -0.2) is 11.0 Å². The van der Waals surface area contributed by atoms with E-state index in [0.717, 1.165) is 12.1 Å². The summed E-state index contributed by atoms with van der Waals surface area (Å²) in [6, 6.07) is 6.68. The Morgan fingerprint density at radius 1 is 1.25 bits per heavy atom. The van der Waals surface area contributed by atoms with E-state index in [1.54, 1.807) is 19.1 Å². The van der Waals surface area contributed by atoms with Crippen LogP contribution in [0.2, 0.25) is 10.0 Å². The van der Waals surface area contributed by atoms with Gasteiger partial charge in [0.25, 0.3) is 5.91 Å². The molecule has 0 unspecified atom stereocenters. The van der Waals surface area contributed by atoms with Gasteiger partial charge in [-0.2, -0.15) is 0 Å². The molecule has 20 heavy (non-hydrogen) atoms. The van der Waals surface area contributed by atoms with Gasteiger partial charge in [0.2, 0.25) is 0 Å². The molecular formula is C14H10Cl2FNO2. The van der Waals surface area contributed by atoms with Crippen LogP contribution in [0.5, 0.6) is 5.75 Å². The minimum atomic E-state index is -0.591. The average molecular weight is 314 g/mol. The molecule has 1 amide bonds. The van der Waals surface area contributed by atoms with E-state index in [4.69, 9.17) is 23.2 Å². The van der Waals surface area contributed by atoms with Crippen LogP contribution in [0.3, 0.4) is 0 Å². The van der Waals surface area contributed by atoms with E-state index in [1.165, 1.54) is 6.07 Å². The molecule has 0 atom stereocenters. The molecule has 2 aromatic rings. The number of rotatable bonds is 2. The molecule has 0 aliphatic rings. The first-order valence-electron chi connectivity index (χ1n) is 5.64. The van der Waals surface area contributed by atoms with Crippen LogP contribution < -0.4 is 5.32 Å². The minimum absolute atomic E-state index is 0.00107. The zero-order chi connectivity index (χ0) is 14.9. The predicted molar refractivity (Wildman–Crippen MR) is 77.2 cm³/mol. The molecule has 3 nitrogen and oxygen atoms in total. The number of nitrogens with one attached hydrogen (secondary N) is 1. The van der Waals surface area contributed by atoms with E-state index in [0.29, 0.717) is 5.56 Å². The number of amides is 1. The van der Waals surface area contributed by atoms with E-state index in [2.05, 4.69) is 5.32 Å². The molecule has 0 bridgehead atoms. The van der Waals surface area contributed by atoms with Crippen LogP contribution in [-0.2, 0) is 0 Å². The lowest BCUT2D eigenvalue weighted by Gasteiger charge is -2.11. The number of hydrogen-bond donors (Lipinski definition) is 2. The van der Waals surface area contributed by atoms with Gasteiger partial charge in [-0.1, -0.05) is 29.3 Å². The Kier molecular flexibility index (Phi) is 4.16. The fraction of sp³-hybridized carbons (Fsp3) is 0.0714. The normalized spacial score (nSPS) is 10.4. The first-order chi connectivity index (χ1) is 9.40. The highest BCUT2D eigenvalue weighted by molar-refractivity contribution is 6.40. The Balaban J connectivity index is 2.36. The summed E-state index contributed by atoms with van der Waals surface area (Å²) in [5.74, 6) is -1.07. The predicted octanol–water partition coefficient (Wildman–Crippen LogP) is 4.40. The monoisotopic (exact) mass is 313 g/mol. The van der Waals surface area contributed by atoms with Gasteiger partial charge >= 0.3 is 0 Å². The van der Waals surface area contributed by atoms with Gasteiger partial charge in [0.15, 0.2) is 0 Å². The third-order valence-corrected chi connectivity index (χ3v) is 3.39. The van der Waals surface area contributed by atoms with Crippen molar-refractivity contribution in [1.82, 2.24) is 0 Å². The van der Waals surface area contributed by atoms with Gasteiger partial charge in [0.05, 0.1) is 15.7 Å². The van der Waals surface area contributed by atoms with Gasteiger partial charge in [0, 0.05) is 11.1 Å². The molecule has 0 aliphatic heterocycles. The number of phenolic OH excluding ortho intramolecular Hbond substituents is 1. The summed E-state index contributed by atoms with van der Waals surface area (Å²) in [5.41, 5.74) is 0.836. The maximum atomic E-state index is 13.1. The third kappa shape index (κ3) is 2.86. The zero-order valence-corrected chi connectivity index (χ0v) is 11.9. The van der Waals surface area contributed by atoms with Crippen molar-refractivity contribution >= 4 is 34.8 Å². The fourth-order valence-electron chi connectivity index (χ4n) is 1.71. The number of anilines is 1. The number of benzene rings is 2. The smallest absolute Gasteiger partial charge is 0.256 e. The van der Waals surface area contributed by atoms with Crippen molar-refractivity contribution in [2.45, 2.75) is 6.92 Å². The number of aromatic hydroxyl groups is 1. The van der Waals surface area contributed by atoms with Gasteiger partial charge in [-0.3, -0.25) is 4.79 Å². The van der Waals surface area contributed by atoms with Crippen molar-refractivity contribution in [2.24, 2.45) is 0 Å². The van der Waals surface area contributed by atoms with E-state index < -0.39 is 11.7 Å². The molecule has 0 heterocycles.